The van der Waals surface area contributed by atoms with E-state index in [1.807, 2.05) is 31.2 Å². The van der Waals surface area contributed by atoms with Gasteiger partial charge in [-0.3, -0.25) is 4.79 Å². The minimum absolute atomic E-state index is 0.142. The maximum atomic E-state index is 12.6. The van der Waals surface area contributed by atoms with Crippen molar-refractivity contribution in [2.75, 3.05) is 4.90 Å². The first-order valence-corrected chi connectivity index (χ1v) is 8.75. The van der Waals surface area contributed by atoms with Crippen molar-refractivity contribution in [3.63, 3.8) is 0 Å². The van der Waals surface area contributed by atoms with E-state index in [2.05, 4.69) is 12.2 Å². The van der Waals surface area contributed by atoms with Crippen LogP contribution in [0.2, 0.25) is 5.02 Å². The van der Waals surface area contributed by atoms with Crippen LogP contribution in [0.25, 0.3) is 6.08 Å². The quantitative estimate of drug-likeness (QED) is 0.617. The first-order chi connectivity index (χ1) is 12.5. The van der Waals surface area contributed by atoms with Crippen molar-refractivity contribution in [1.29, 1.82) is 0 Å². The molecule has 2 aromatic rings. The van der Waals surface area contributed by atoms with Gasteiger partial charge in [0.05, 0.1) is 11.8 Å². The van der Waals surface area contributed by atoms with Crippen LogP contribution in [0.4, 0.5) is 10.5 Å². The van der Waals surface area contributed by atoms with E-state index in [1.54, 1.807) is 30.3 Å². The van der Waals surface area contributed by atoms with E-state index in [0.717, 1.165) is 22.6 Å². The summed E-state index contributed by atoms with van der Waals surface area (Å²) < 4.78 is 5.73. The van der Waals surface area contributed by atoms with Gasteiger partial charge in [0.25, 0.3) is 5.91 Å². The second-order valence-electron chi connectivity index (χ2n) is 6.01. The molecule has 1 aliphatic heterocycles. The molecular weight excluding hydrogens is 352 g/mol. The fourth-order valence-corrected chi connectivity index (χ4v) is 2.61. The van der Waals surface area contributed by atoms with Crippen LogP contribution in [0.1, 0.15) is 25.8 Å². The second kappa shape index (κ2) is 7.62. The third-order valence-electron chi connectivity index (χ3n) is 4.07. The summed E-state index contributed by atoms with van der Waals surface area (Å²) in [5.74, 6) is 0.364. The number of urea groups is 1. The molecule has 26 heavy (non-hydrogen) atoms. The Labute approximate surface area is 157 Å². The number of ether oxygens (including phenoxy) is 1. The van der Waals surface area contributed by atoms with E-state index >= 15 is 0 Å². The zero-order valence-corrected chi connectivity index (χ0v) is 15.3. The number of amides is 3. The number of carbonyl (C=O) groups is 2. The molecular formula is C20H19ClN2O3. The number of benzene rings is 2. The van der Waals surface area contributed by atoms with Gasteiger partial charge in [-0.1, -0.05) is 30.7 Å². The van der Waals surface area contributed by atoms with Crippen molar-refractivity contribution < 1.29 is 14.3 Å². The molecule has 0 unspecified atom stereocenters. The number of imide groups is 1. The highest BCUT2D eigenvalue weighted by Gasteiger charge is 2.34. The molecule has 1 heterocycles. The van der Waals surface area contributed by atoms with Crippen molar-refractivity contribution in [3.8, 4) is 5.75 Å². The van der Waals surface area contributed by atoms with Crippen molar-refractivity contribution in [2.45, 2.75) is 26.4 Å². The van der Waals surface area contributed by atoms with E-state index in [-0.39, 0.29) is 11.8 Å². The molecule has 3 rings (SSSR count). The summed E-state index contributed by atoms with van der Waals surface area (Å²) in [7, 11) is 0. The number of anilines is 1. The molecule has 1 N–H and O–H groups in total. The Morgan fingerprint density at radius 2 is 1.77 bits per heavy atom. The molecule has 1 atom stereocenters. The lowest BCUT2D eigenvalue weighted by molar-refractivity contribution is -0.113. The second-order valence-corrected chi connectivity index (χ2v) is 6.45. The van der Waals surface area contributed by atoms with Crippen molar-refractivity contribution in [3.05, 3.63) is 64.8 Å². The van der Waals surface area contributed by atoms with E-state index in [1.165, 1.54) is 0 Å². The first kappa shape index (κ1) is 18.0. The molecule has 6 heteroatoms. The van der Waals surface area contributed by atoms with Crippen LogP contribution in [0, 0.1) is 0 Å². The number of halogens is 1. The van der Waals surface area contributed by atoms with Crippen molar-refractivity contribution >= 4 is 35.3 Å². The number of nitrogens with zero attached hydrogens (tertiary/aromatic N) is 1. The third kappa shape index (κ3) is 3.89. The van der Waals surface area contributed by atoms with Crippen LogP contribution in [0.15, 0.2) is 54.2 Å². The van der Waals surface area contributed by atoms with Gasteiger partial charge >= 0.3 is 6.03 Å². The molecule has 1 fully saturated rings. The summed E-state index contributed by atoms with van der Waals surface area (Å²) in [4.78, 5) is 25.8. The maximum Gasteiger partial charge on any atom is 0.333 e. The molecule has 0 spiro atoms. The van der Waals surface area contributed by atoms with E-state index in [9.17, 15) is 9.59 Å². The molecule has 3 amide bonds. The zero-order valence-electron chi connectivity index (χ0n) is 14.5. The topological polar surface area (TPSA) is 58.6 Å². The first-order valence-electron chi connectivity index (χ1n) is 8.37. The van der Waals surface area contributed by atoms with Gasteiger partial charge < -0.3 is 10.1 Å². The van der Waals surface area contributed by atoms with Gasteiger partial charge in [0, 0.05) is 5.02 Å². The van der Waals surface area contributed by atoms with Gasteiger partial charge in [0.2, 0.25) is 0 Å². The predicted molar refractivity (Wildman–Crippen MR) is 102 cm³/mol. The fraction of sp³-hybridized carbons (Fsp3) is 0.200. The summed E-state index contributed by atoms with van der Waals surface area (Å²) in [6.07, 6.45) is 2.71. The number of hydrogen-bond donors (Lipinski definition) is 1. The molecule has 134 valence electrons. The Kier molecular flexibility index (Phi) is 5.28. The number of nitrogens with one attached hydrogen (secondary N) is 1. The lowest BCUT2D eigenvalue weighted by atomic mass is 10.1. The highest BCUT2D eigenvalue weighted by molar-refractivity contribution is 6.31. The molecule has 5 nitrogen and oxygen atoms in total. The molecule has 0 radical (unpaired) electrons. The zero-order chi connectivity index (χ0) is 18.7. The number of hydrogen-bond acceptors (Lipinski definition) is 3. The minimum Gasteiger partial charge on any atom is -0.491 e. The maximum absolute atomic E-state index is 12.6. The Balaban J connectivity index is 1.78. The van der Waals surface area contributed by atoms with Crippen LogP contribution in [0.5, 0.6) is 5.75 Å². The Hall–Kier alpha value is -2.79. The van der Waals surface area contributed by atoms with Gasteiger partial charge in [-0.05, 0) is 61.4 Å². The summed E-state index contributed by atoms with van der Waals surface area (Å²) in [5.41, 5.74) is 1.49. The number of rotatable bonds is 5. The van der Waals surface area contributed by atoms with E-state index < -0.39 is 11.9 Å². The summed E-state index contributed by atoms with van der Waals surface area (Å²) >= 11 is 5.85. The molecule has 1 aliphatic rings. The van der Waals surface area contributed by atoms with Crippen molar-refractivity contribution in [2.24, 2.45) is 0 Å². The molecule has 2 aromatic carbocycles. The fourth-order valence-electron chi connectivity index (χ4n) is 2.48. The van der Waals surface area contributed by atoms with E-state index in [0.29, 0.717) is 10.7 Å². The van der Waals surface area contributed by atoms with Gasteiger partial charge in [-0.15, -0.1) is 0 Å². The van der Waals surface area contributed by atoms with Gasteiger partial charge in [0.1, 0.15) is 11.4 Å². The summed E-state index contributed by atoms with van der Waals surface area (Å²) in [5, 5.41) is 3.14. The SMILES string of the molecule is CC[C@H](C)Oc1ccc(/C=C2/NC(=O)N(c3ccc(Cl)cc3)C2=O)cc1. The number of carbonyl (C=O) groups excluding carboxylic acids is 2. The highest BCUT2D eigenvalue weighted by atomic mass is 35.5. The third-order valence-corrected chi connectivity index (χ3v) is 4.32. The van der Waals surface area contributed by atoms with E-state index in [4.69, 9.17) is 16.3 Å². The smallest absolute Gasteiger partial charge is 0.333 e. The Morgan fingerprint density at radius 1 is 1.12 bits per heavy atom. The lowest BCUT2D eigenvalue weighted by Gasteiger charge is -2.12. The Morgan fingerprint density at radius 3 is 2.38 bits per heavy atom. The minimum atomic E-state index is -0.486. The standard InChI is InChI=1S/C20H19ClN2O3/c1-3-13(2)26-17-10-4-14(5-11-17)12-18-19(24)23(20(25)22-18)16-8-6-15(21)7-9-16/h4-13H,3H2,1-2H3,(H,22,25)/b18-12+/t13-/m0/s1. The van der Waals surface area contributed by atoms with Crippen LogP contribution >= 0.6 is 11.6 Å². The van der Waals surface area contributed by atoms with Crippen LogP contribution in [-0.2, 0) is 4.79 Å². The van der Waals surface area contributed by atoms with Crippen LogP contribution in [0.3, 0.4) is 0 Å². The highest BCUT2D eigenvalue weighted by Crippen LogP contribution is 2.24. The molecule has 0 aromatic heterocycles. The van der Waals surface area contributed by atoms with Crippen LogP contribution in [-0.4, -0.2) is 18.0 Å². The van der Waals surface area contributed by atoms with Gasteiger partial charge in [-0.25, -0.2) is 9.69 Å². The molecule has 0 saturated carbocycles. The monoisotopic (exact) mass is 370 g/mol. The predicted octanol–water partition coefficient (Wildman–Crippen LogP) is 4.61. The van der Waals surface area contributed by atoms with Crippen molar-refractivity contribution in [1.82, 2.24) is 5.32 Å². The average Bonchev–Trinajstić information content (AvgIpc) is 2.91. The van der Waals surface area contributed by atoms with Gasteiger partial charge in [0.15, 0.2) is 0 Å². The molecule has 0 bridgehead atoms. The van der Waals surface area contributed by atoms with Gasteiger partial charge in [-0.2, -0.15) is 0 Å². The average molecular weight is 371 g/mol. The van der Waals surface area contributed by atoms with Crippen LogP contribution < -0.4 is 15.0 Å². The Bertz CT molecular complexity index is 844. The lowest BCUT2D eigenvalue weighted by Crippen LogP contribution is -2.30. The molecule has 1 saturated heterocycles. The molecule has 0 aliphatic carbocycles. The summed E-state index contributed by atoms with van der Waals surface area (Å²) in [6.45, 7) is 4.07. The largest absolute Gasteiger partial charge is 0.491 e. The summed E-state index contributed by atoms with van der Waals surface area (Å²) in [6, 6.07) is 13.4. The normalized spacial score (nSPS) is 16.7.